The highest BCUT2D eigenvalue weighted by atomic mass is 15.2. The van der Waals surface area contributed by atoms with Gasteiger partial charge in [0.25, 0.3) is 0 Å². The predicted octanol–water partition coefficient (Wildman–Crippen LogP) is 2.46. The van der Waals surface area contributed by atoms with Crippen molar-refractivity contribution < 1.29 is 0 Å². The number of aromatic nitrogens is 2. The van der Waals surface area contributed by atoms with Gasteiger partial charge in [0.1, 0.15) is 0 Å². The first-order chi connectivity index (χ1) is 9.15. The Morgan fingerprint density at radius 1 is 1.26 bits per heavy atom. The molecule has 1 fully saturated rings. The summed E-state index contributed by atoms with van der Waals surface area (Å²) in [6, 6.07) is 0. The lowest BCUT2D eigenvalue weighted by molar-refractivity contribution is 0.434. The molecule has 0 aliphatic carbocycles. The number of hydrogen-bond acceptors (Lipinski definition) is 4. The molecule has 1 N–H and O–H groups in total. The van der Waals surface area contributed by atoms with Crippen LogP contribution in [0.1, 0.15) is 39.2 Å². The van der Waals surface area contributed by atoms with Crippen molar-refractivity contribution in [2.75, 3.05) is 24.5 Å². The van der Waals surface area contributed by atoms with E-state index in [1.165, 1.54) is 12.8 Å². The molecule has 19 heavy (non-hydrogen) atoms. The van der Waals surface area contributed by atoms with Crippen molar-refractivity contribution in [1.29, 1.82) is 0 Å². The summed E-state index contributed by atoms with van der Waals surface area (Å²) in [7, 11) is 0. The van der Waals surface area contributed by atoms with Gasteiger partial charge < -0.3 is 10.2 Å². The Hall–Kier alpha value is -1.16. The van der Waals surface area contributed by atoms with Crippen molar-refractivity contribution in [2.24, 2.45) is 11.8 Å². The molecule has 0 saturated carbocycles. The summed E-state index contributed by atoms with van der Waals surface area (Å²) >= 11 is 0. The Morgan fingerprint density at radius 3 is 2.47 bits per heavy atom. The number of piperidine rings is 1. The highest BCUT2D eigenvalue weighted by Gasteiger charge is 2.17. The van der Waals surface area contributed by atoms with Crippen LogP contribution >= 0.6 is 0 Å². The zero-order valence-electron chi connectivity index (χ0n) is 12.4. The molecule has 0 aromatic carbocycles. The quantitative estimate of drug-likeness (QED) is 0.885. The second-order valence-electron chi connectivity index (χ2n) is 6.09. The standard InChI is InChI=1S/C15H26N4/c1-12(2)8-16-9-14-10-17-15(18-11-14)19-6-4-13(3)5-7-19/h10-13,16H,4-9H2,1-3H3. The van der Waals surface area contributed by atoms with Crippen molar-refractivity contribution in [3.05, 3.63) is 18.0 Å². The topological polar surface area (TPSA) is 41.1 Å². The summed E-state index contributed by atoms with van der Waals surface area (Å²) in [5.41, 5.74) is 1.16. The lowest BCUT2D eigenvalue weighted by atomic mass is 10.00. The van der Waals surface area contributed by atoms with E-state index in [4.69, 9.17) is 0 Å². The van der Waals surface area contributed by atoms with Gasteiger partial charge >= 0.3 is 0 Å². The first-order valence-corrected chi connectivity index (χ1v) is 7.41. The average molecular weight is 262 g/mol. The Morgan fingerprint density at radius 2 is 1.89 bits per heavy atom. The SMILES string of the molecule is CC(C)CNCc1cnc(N2CCC(C)CC2)nc1. The normalized spacial score (nSPS) is 17.2. The smallest absolute Gasteiger partial charge is 0.225 e. The van der Waals surface area contributed by atoms with Crippen LogP contribution in [0.2, 0.25) is 0 Å². The van der Waals surface area contributed by atoms with E-state index in [1.54, 1.807) is 0 Å². The molecule has 1 saturated heterocycles. The van der Waals surface area contributed by atoms with E-state index < -0.39 is 0 Å². The van der Waals surface area contributed by atoms with E-state index in [0.717, 1.165) is 43.6 Å². The zero-order valence-corrected chi connectivity index (χ0v) is 12.4. The molecule has 0 bridgehead atoms. The van der Waals surface area contributed by atoms with Gasteiger partial charge in [-0.3, -0.25) is 0 Å². The van der Waals surface area contributed by atoms with Crippen molar-refractivity contribution >= 4 is 5.95 Å². The van der Waals surface area contributed by atoms with Gasteiger partial charge in [-0.05, 0) is 31.2 Å². The molecule has 0 amide bonds. The summed E-state index contributed by atoms with van der Waals surface area (Å²) < 4.78 is 0. The summed E-state index contributed by atoms with van der Waals surface area (Å²) in [6.45, 7) is 10.8. The van der Waals surface area contributed by atoms with Crippen LogP contribution in [0.3, 0.4) is 0 Å². The summed E-state index contributed by atoms with van der Waals surface area (Å²) in [4.78, 5) is 11.3. The molecule has 0 spiro atoms. The molecule has 1 aromatic heterocycles. The second-order valence-corrected chi connectivity index (χ2v) is 6.09. The van der Waals surface area contributed by atoms with E-state index >= 15 is 0 Å². The van der Waals surface area contributed by atoms with Gasteiger partial charge in [-0.1, -0.05) is 20.8 Å². The van der Waals surface area contributed by atoms with Crippen LogP contribution in [-0.2, 0) is 6.54 Å². The Kier molecular flexibility index (Phi) is 5.14. The van der Waals surface area contributed by atoms with Crippen LogP contribution in [0, 0.1) is 11.8 Å². The maximum atomic E-state index is 4.50. The van der Waals surface area contributed by atoms with E-state index in [-0.39, 0.29) is 0 Å². The molecule has 1 aromatic rings. The molecular formula is C15H26N4. The highest BCUT2D eigenvalue weighted by molar-refractivity contribution is 5.30. The molecule has 1 aliphatic rings. The molecule has 0 atom stereocenters. The Bertz CT molecular complexity index is 366. The molecule has 4 nitrogen and oxygen atoms in total. The van der Waals surface area contributed by atoms with Gasteiger partial charge in [0, 0.05) is 37.6 Å². The monoisotopic (exact) mass is 262 g/mol. The molecule has 0 unspecified atom stereocenters. The maximum Gasteiger partial charge on any atom is 0.225 e. The zero-order chi connectivity index (χ0) is 13.7. The first kappa shape index (κ1) is 14.3. The minimum atomic E-state index is 0.676. The lowest BCUT2D eigenvalue weighted by Gasteiger charge is -2.30. The number of rotatable bonds is 5. The van der Waals surface area contributed by atoms with E-state index in [2.05, 4.69) is 41.0 Å². The average Bonchev–Trinajstić information content (AvgIpc) is 2.40. The lowest BCUT2D eigenvalue weighted by Crippen LogP contribution is -2.34. The molecule has 4 heteroatoms. The highest BCUT2D eigenvalue weighted by Crippen LogP contribution is 2.19. The summed E-state index contributed by atoms with van der Waals surface area (Å²) in [5.74, 6) is 2.41. The van der Waals surface area contributed by atoms with Gasteiger partial charge in [0.2, 0.25) is 5.95 Å². The van der Waals surface area contributed by atoms with Crippen LogP contribution in [0.15, 0.2) is 12.4 Å². The van der Waals surface area contributed by atoms with Gasteiger partial charge in [-0.25, -0.2) is 9.97 Å². The van der Waals surface area contributed by atoms with Gasteiger partial charge in [0.15, 0.2) is 0 Å². The van der Waals surface area contributed by atoms with Crippen molar-refractivity contribution in [3.8, 4) is 0 Å². The van der Waals surface area contributed by atoms with E-state index in [0.29, 0.717) is 5.92 Å². The summed E-state index contributed by atoms with van der Waals surface area (Å²) in [6.07, 6.45) is 6.41. The number of hydrogen-bond donors (Lipinski definition) is 1. The third-order valence-electron chi connectivity index (χ3n) is 3.64. The maximum absolute atomic E-state index is 4.50. The van der Waals surface area contributed by atoms with Crippen molar-refractivity contribution in [3.63, 3.8) is 0 Å². The Labute approximate surface area is 116 Å². The Balaban J connectivity index is 1.84. The van der Waals surface area contributed by atoms with Gasteiger partial charge in [-0.2, -0.15) is 0 Å². The second kappa shape index (κ2) is 6.85. The van der Waals surface area contributed by atoms with Crippen LogP contribution in [0.4, 0.5) is 5.95 Å². The van der Waals surface area contributed by atoms with Gasteiger partial charge in [-0.15, -0.1) is 0 Å². The minimum absolute atomic E-state index is 0.676. The fourth-order valence-electron chi connectivity index (χ4n) is 2.32. The van der Waals surface area contributed by atoms with Crippen molar-refractivity contribution in [1.82, 2.24) is 15.3 Å². The van der Waals surface area contributed by atoms with Crippen LogP contribution in [0.25, 0.3) is 0 Å². The van der Waals surface area contributed by atoms with E-state index in [9.17, 15) is 0 Å². The molecule has 2 rings (SSSR count). The first-order valence-electron chi connectivity index (χ1n) is 7.41. The molecule has 1 aliphatic heterocycles. The predicted molar refractivity (Wildman–Crippen MR) is 79.2 cm³/mol. The van der Waals surface area contributed by atoms with Crippen molar-refractivity contribution in [2.45, 2.75) is 40.2 Å². The van der Waals surface area contributed by atoms with E-state index in [1.807, 2.05) is 12.4 Å². The van der Waals surface area contributed by atoms with Crippen LogP contribution < -0.4 is 10.2 Å². The fourth-order valence-corrected chi connectivity index (χ4v) is 2.32. The fraction of sp³-hybridized carbons (Fsp3) is 0.733. The third-order valence-corrected chi connectivity index (χ3v) is 3.64. The van der Waals surface area contributed by atoms with Gasteiger partial charge in [0.05, 0.1) is 0 Å². The third kappa shape index (κ3) is 4.46. The molecule has 2 heterocycles. The summed E-state index contributed by atoms with van der Waals surface area (Å²) in [5, 5.41) is 3.41. The number of anilines is 1. The molecule has 106 valence electrons. The number of nitrogens with one attached hydrogen (secondary N) is 1. The number of nitrogens with zero attached hydrogens (tertiary/aromatic N) is 3. The molecule has 0 radical (unpaired) electrons. The van der Waals surface area contributed by atoms with Crippen LogP contribution in [-0.4, -0.2) is 29.6 Å². The molecular weight excluding hydrogens is 236 g/mol. The van der Waals surface area contributed by atoms with Crippen LogP contribution in [0.5, 0.6) is 0 Å². The largest absolute Gasteiger partial charge is 0.341 e. The minimum Gasteiger partial charge on any atom is -0.341 e.